The summed E-state index contributed by atoms with van der Waals surface area (Å²) in [6, 6.07) is 16.7. The van der Waals surface area contributed by atoms with Crippen LogP contribution in [-0.2, 0) is 9.84 Å². The molecule has 1 amide bonds. The van der Waals surface area contributed by atoms with Crippen LogP contribution in [0.1, 0.15) is 41.6 Å². The first kappa shape index (κ1) is 21.1. The van der Waals surface area contributed by atoms with Gasteiger partial charge in [0.15, 0.2) is 0 Å². The molecule has 0 saturated carbocycles. The number of carbonyl (C=O) groups excluding carboxylic acids is 1. The molecule has 0 bridgehead atoms. The van der Waals surface area contributed by atoms with Crippen LogP contribution in [0.2, 0.25) is 0 Å². The van der Waals surface area contributed by atoms with Gasteiger partial charge in [0, 0.05) is 30.7 Å². The van der Waals surface area contributed by atoms with Gasteiger partial charge in [-0.2, -0.15) is 0 Å². The Bertz CT molecular complexity index is 962. The van der Waals surface area contributed by atoms with E-state index in [9.17, 15) is 13.2 Å². The van der Waals surface area contributed by atoms with E-state index in [1.807, 2.05) is 24.3 Å². The first-order valence-corrected chi connectivity index (χ1v) is 12.6. The van der Waals surface area contributed by atoms with Crippen LogP contribution in [0.3, 0.4) is 0 Å². The highest BCUT2D eigenvalue weighted by Gasteiger charge is 2.30. The van der Waals surface area contributed by atoms with Crippen molar-refractivity contribution < 1.29 is 13.2 Å². The standard InChI is InChI=1S/C24H30N2O3S/c1-18-2-4-19(5-3-18)20-6-8-21(9-7-20)24(27)25-22-10-14-26(15-11-22)23-12-16-30(28,29)17-13-23/h2-9,22-23H,10-17H2,1H3,(H,25,27). The summed E-state index contributed by atoms with van der Waals surface area (Å²) in [5.41, 5.74) is 4.17. The van der Waals surface area contributed by atoms with Crippen LogP contribution >= 0.6 is 0 Å². The fourth-order valence-electron chi connectivity index (χ4n) is 4.48. The third kappa shape index (κ3) is 5.10. The van der Waals surface area contributed by atoms with Crippen LogP contribution in [0, 0.1) is 6.92 Å². The number of carbonyl (C=O) groups is 1. The summed E-state index contributed by atoms with van der Waals surface area (Å²) in [6.07, 6.45) is 3.31. The summed E-state index contributed by atoms with van der Waals surface area (Å²) < 4.78 is 23.3. The van der Waals surface area contributed by atoms with Crippen molar-refractivity contribution in [3.8, 4) is 11.1 Å². The van der Waals surface area contributed by atoms with Gasteiger partial charge in [-0.05, 0) is 55.9 Å². The molecule has 30 heavy (non-hydrogen) atoms. The van der Waals surface area contributed by atoms with Gasteiger partial charge in [0.1, 0.15) is 9.84 Å². The molecular weight excluding hydrogens is 396 g/mol. The number of rotatable bonds is 4. The maximum atomic E-state index is 12.7. The Morgan fingerprint density at radius 3 is 1.97 bits per heavy atom. The van der Waals surface area contributed by atoms with Crippen LogP contribution in [0.4, 0.5) is 0 Å². The summed E-state index contributed by atoms with van der Waals surface area (Å²) in [5, 5.41) is 3.18. The lowest BCUT2D eigenvalue weighted by molar-refractivity contribution is 0.0885. The number of piperidine rings is 1. The van der Waals surface area contributed by atoms with Gasteiger partial charge in [-0.15, -0.1) is 0 Å². The van der Waals surface area contributed by atoms with Gasteiger partial charge in [-0.3, -0.25) is 4.79 Å². The molecular formula is C24H30N2O3S. The molecule has 0 unspecified atom stereocenters. The molecule has 0 atom stereocenters. The minimum Gasteiger partial charge on any atom is -0.349 e. The third-order valence-corrected chi connectivity index (χ3v) is 8.15. The smallest absolute Gasteiger partial charge is 0.251 e. The first-order valence-electron chi connectivity index (χ1n) is 10.8. The maximum Gasteiger partial charge on any atom is 0.251 e. The highest BCUT2D eigenvalue weighted by atomic mass is 32.2. The van der Waals surface area contributed by atoms with Crippen molar-refractivity contribution in [2.75, 3.05) is 24.6 Å². The SMILES string of the molecule is Cc1ccc(-c2ccc(C(=O)NC3CCN(C4CCS(=O)(=O)CC4)CC3)cc2)cc1. The topological polar surface area (TPSA) is 66.5 Å². The number of nitrogens with zero attached hydrogens (tertiary/aromatic N) is 1. The van der Waals surface area contributed by atoms with Gasteiger partial charge < -0.3 is 10.2 Å². The number of hydrogen-bond acceptors (Lipinski definition) is 4. The molecule has 1 N–H and O–H groups in total. The van der Waals surface area contributed by atoms with E-state index in [0.29, 0.717) is 23.1 Å². The zero-order valence-corrected chi connectivity index (χ0v) is 18.3. The molecule has 2 aliphatic rings. The molecule has 2 fully saturated rings. The lowest BCUT2D eigenvalue weighted by Crippen LogP contribution is -2.49. The van der Waals surface area contributed by atoms with Gasteiger partial charge in [0.25, 0.3) is 5.91 Å². The summed E-state index contributed by atoms with van der Waals surface area (Å²) in [5.74, 6) is 0.604. The lowest BCUT2D eigenvalue weighted by Gasteiger charge is -2.39. The van der Waals surface area contributed by atoms with Crippen LogP contribution < -0.4 is 5.32 Å². The van der Waals surface area contributed by atoms with Crippen molar-refractivity contribution in [2.45, 2.75) is 44.7 Å². The molecule has 5 nitrogen and oxygen atoms in total. The van der Waals surface area contributed by atoms with Crippen molar-refractivity contribution >= 4 is 15.7 Å². The summed E-state index contributed by atoms with van der Waals surface area (Å²) >= 11 is 0. The van der Waals surface area contributed by atoms with E-state index in [-0.39, 0.29) is 11.9 Å². The Morgan fingerprint density at radius 1 is 0.867 bits per heavy atom. The molecule has 0 aliphatic carbocycles. The molecule has 0 aromatic heterocycles. The minimum atomic E-state index is -2.82. The minimum absolute atomic E-state index is 0.0207. The molecule has 6 heteroatoms. The summed E-state index contributed by atoms with van der Waals surface area (Å²) in [4.78, 5) is 15.1. The lowest BCUT2D eigenvalue weighted by atomic mass is 9.99. The Labute approximate surface area is 179 Å². The number of hydrogen-bond donors (Lipinski definition) is 1. The third-order valence-electron chi connectivity index (χ3n) is 6.44. The Balaban J connectivity index is 1.28. The number of likely N-dealkylation sites (tertiary alicyclic amines) is 1. The fourth-order valence-corrected chi connectivity index (χ4v) is 5.95. The molecule has 4 rings (SSSR count). The van der Waals surface area contributed by atoms with E-state index < -0.39 is 9.84 Å². The second-order valence-corrected chi connectivity index (χ2v) is 10.9. The van der Waals surface area contributed by atoms with Crippen LogP contribution in [0.5, 0.6) is 0 Å². The van der Waals surface area contributed by atoms with Gasteiger partial charge in [0.05, 0.1) is 11.5 Å². The quantitative estimate of drug-likeness (QED) is 0.813. The second-order valence-electron chi connectivity index (χ2n) is 8.61. The van der Waals surface area contributed by atoms with E-state index in [0.717, 1.165) is 49.9 Å². The highest BCUT2D eigenvalue weighted by molar-refractivity contribution is 7.91. The Kier molecular flexibility index (Phi) is 6.25. The Morgan fingerprint density at radius 2 is 1.40 bits per heavy atom. The van der Waals surface area contributed by atoms with E-state index in [4.69, 9.17) is 0 Å². The predicted octanol–water partition coefficient (Wildman–Crippen LogP) is 3.43. The number of amides is 1. The van der Waals surface area contributed by atoms with Gasteiger partial charge in [-0.25, -0.2) is 8.42 Å². The van der Waals surface area contributed by atoms with Crippen molar-refractivity contribution in [3.63, 3.8) is 0 Å². The van der Waals surface area contributed by atoms with E-state index in [1.165, 1.54) is 5.56 Å². The molecule has 0 spiro atoms. The number of aryl methyl sites for hydroxylation is 1. The highest BCUT2D eigenvalue weighted by Crippen LogP contribution is 2.23. The van der Waals surface area contributed by atoms with Gasteiger partial charge in [-0.1, -0.05) is 42.0 Å². The molecule has 160 valence electrons. The first-order chi connectivity index (χ1) is 14.4. The number of sulfone groups is 1. The molecule has 2 aromatic rings. The van der Waals surface area contributed by atoms with E-state index in [2.05, 4.69) is 41.4 Å². The average molecular weight is 427 g/mol. The van der Waals surface area contributed by atoms with Crippen LogP contribution in [0.15, 0.2) is 48.5 Å². The van der Waals surface area contributed by atoms with Crippen molar-refractivity contribution in [2.24, 2.45) is 0 Å². The Hall–Kier alpha value is -2.18. The molecule has 2 saturated heterocycles. The molecule has 2 aliphatic heterocycles. The van der Waals surface area contributed by atoms with Crippen molar-refractivity contribution in [3.05, 3.63) is 59.7 Å². The molecule has 2 aromatic carbocycles. The van der Waals surface area contributed by atoms with Gasteiger partial charge >= 0.3 is 0 Å². The zero-order valence-electron chi connectivity index (χ0n) is 17.5. The monoisotopic (exact) mass is 426 g/mol. The average Bonchev–Trinajstić information content (AvgIpc) is 2.75. The molecule has 0 radical (unpaired) electrons. The summed E-state index contributed by atoms with van der Waals surface area (Å²) in [6.45, 7) is 3.91. The number of nitrogens with one attached hydrogen (secondary N) is 1. The van der Waals surface area contributed by atoms with E-state index >= 15 is 0 Å². The number of benzene rings is 2. The summed E-state index contributed by atoms with van der Waals surface area (Å²) in [7, 11) is -2.82. The normalized spacial score (nSPS) is 20.7. The zero-order chi connectivity index (χ0) is 21.1. The van der Waals surface area contributed by atoms with E-state index in [1.54, 1.807) is 0 Å². The van der Waals surface area contributed by atoms with Crippen LogP contribution in [0.25, 0.3) is 11.1 Å². The molecule has 2 heterocycles. The van der Waals surface area contributed by atoms with Crippen molar-refractivity contribution in [1.82, 2.24) is 10.2 Å². The van der Waals surface area contributed by atoms with Crippen LogP contribution in [-0.4, -0.2) is 55.9 Å². The largest absolute Gasteiger partial charge is 0.349 e. The predicted molar refractivity (Wildman–Crippen MR) is 120 cm³/mol. The second kappa shape index (κ2) is 8.90. The fraction of sp³-hybridized carbons (Fsp3) is 0.458. The maximum absolute atomic E-state index is 12.7. The van der Waals surface area contributed by atoms with Gasteiger partial charge in [0.2, 0.25) is 0 Å². The van der Waals surface area contributed by atoms with Crippen molar-refractivity contribution in [1.29, 1.82) is 0 Å².